The smallest absolute Gasteiger partial charge is 0.335 e. The highest BCUT2D eigenvalue weighted by Crippen LogP contribution is 2.18. The summed E-state index contributed by atoms with van der Waals surface area (Å²) < 4.78 is 2.02. The monoisotopic (exact) mass is 309 g/mol. The van der Waals surface area contributed by atoms with E-state index in [-0.39, 0.29) is 5.56 Å². The lowest BCUT2D eigenvalue weighted by Gasteiger charge is -2.04. The molecule has 0 radical (unpaired) electrons. The second-order valence-corrected chi connectivity index (χ2v) is 5.62. The molecule has 0 spiro atoms. The van der Waals surface area contributed by atoms with E-state index in [0.717, 1.165) is 35.3 Å². The summed E-state index contributed by atoms with van der Waals surface area (Å²) in [5.74, 6) is 0.0181. The first kappa shape index (κ1) is 15.2. The predicted octanol–water partition coefficient (Wildman–Crippen LogP) is 2.52. The fourth-order valence-electron chi connectivity index (χ4n) is 2.70. The van der Waals surface area contributed by atoms with Crippen LogP contribution in [0.3, 0.4) is 0 Å². The van der Waals surface area contributed by atoms with Crippen LogP contribution in [0.2, 0.25) is 0 Å². The van der Waals surface area contributed by atoms with Gasteiger partial charge in [-0.2, -0.15) is 0 Å². The summed E-state index contributed by atoms with van der Waals surface area (Å²) in [4.78, 5) is 15.6. The SMILES string of the molecule is Cn1c(CCc2ccc(CN)cc2)nc2cc(C(=O)O)ccc21. The van der Waals surface area contributed by atoms with Crippen molar-refractivity contribution in [2.45, 2.75) is 19.4 Å². The number of carbonyl (C=O) groups is 1. The number of aromatic nitrogens is 2. The third kappa shape index (κ3) is 3.10. The van der Waals surface area contributed by atoms with E-state index < -0.39 is 5.97 Å². The molecule has 0 amide bonds. The minimum atomic E-state index is -0.931. The van der Waals surface area contributed by atoms with Crippen molar-refractivity contribution in [1.82, 2.24) is 9.55 Å². The molecule has 5 heteroatoms. The number of rotatable bonds is 5. The number of fused-ring (bicyclic) bond motifs is 1. The molecule has 23 heavy (non-hydrogen) atoms. The highest BCUT2D eigenvalue weighted by Gasteiger charge is 2.11. The zero-order valence-electron chi connectivity index (χ0n) is 13.0. The summed E-state index contributed by atoms with van der Waals surface area (Å²) in [6.45, 7) is 0.553. The van der Waals surface area contributed by atoms with Gasteiger partial charge in [-0.25, -0.2) is 9.78 Å². The summed E-state index contributed by atoms with van der Waals surface area (Å²) >= 11 is 0. The Morgan fingerprint density at radius 1 is 1.13 bits per heavy atom. The van der Waals surface area contributed by atoms with Crippen LogP contribution in [0.25, 0.3) is 11.0 Å². The van der Waals surface area contributed by atoms with Gasteiger partial charge in [-0.05, 0) is 35.7 Å². The lowest BCUT2D eigenvalue weighted by molar-refractivity contribution is 0.0697. The highest BCUT2D eigenvalue weighted by molar-refractivity contribution is 5.92. The molecule has 0 bridgehead atoms. The molecule has 3 aromatic rings. The third-order valence-electron chi connectivity index (χ3n) is 4.12. The van der Waals surface area contributed by atoms with Crippen LogP contribution in [0.1, 0.15) is 27.3 Å². The van der Waals surface area contributed by atoms with E-state index in [1.807, 2.05) is 29.8 Å². The first-order valence-corrected chi connectivity index (χ1v) is 7.55. The van der Waals surface area contributed by atoms with Crippen LogP contribution in [0.4, 0.5) is 0 Å². The molecule has 0 atom stereocenters. The van der Waals surface area contributed by atoms with Gasteiger partial charge in [0, 0.05) is 20.0 Å². The number of nitrogens with zero attached hydrogens (tertiary/aromatic N) is 2. The van der Waals surface area contributed by atoms with Crippen molar-refractivity contribution in [3.63, 3.8) is 0 Å². The zero-order chi connectivity index (χ0) is 16.4. The Bertz CT molecular complexity index is 851. The van der Waals surface area contributed by atoms with E-state index in [2.05, 4.69) is 17.1 Å². The number of carboxylic acids is 1. The van der Waals surface area contributed by atoms with Gasteiger partial charge in [0.1, 0.15) is 5.82 Å². The fourth-order valence-corrected chi connectivity index (χ4v) is 2.70. The Kier molecular flexibility index (Phi) is 4.12. The molecule has 0 aliphatic carbocycles. The summed E-state index contributed by atoms with van der Waals surface area (Å²) in [6, 6.07) is 13.3. The minimum Gasteiger partial charge on any atom is -0.478 e. The van der Waals surface area contributed by atoms with Crippen LogP contribution in [0, 0.1) is 0 Å². The van der Waals surface area contributed by atoms with Gasteiger partial charge in [0.2, 0.25) is 0 Å². The van der Waals surface area contributed by atoms with Crippen LogP contribution in [-0.2, 0) is 26.4 Å². The van der Waals surface area contributed by atoms with Crippen LogP contribution in [-0.4, -0.2) is 20.6 Å². The average molecular weight is 309 g/mol. The van der Waals surface area contributed by atoms with Gasteiger partial charge >= 0.3 is 5.97 Å². The van der Waals surface area contributed by atoms with E-state index >= 15 is 0 Å². The molecule has 118 valence electrons. The predicted molar refractivity (Wildman–Crippen MR) is 89.4 cm³/mol. The van der Waals surface area contributed by atoms with E-state index in [9.17, 15) is 4.79 Å². The topological polar surface area (TPSA) is 81.1 Å². The lowest BCUT2D eigenvalue weighted by Crippen LogP contribution is -2.01. The molecule has 1 aromatic heterocycles. The minimum absolute atomic E-state index is 0.263. The number of hydrogen-bond donors (Lipinski definition) is 2. The van der Waals surface area contributed by atoms with E-state index in [0.29, 0.717) is 6.54 Å². The van der Waals surface area contributed by atoms with Gasteiger partial charge in [-0.1, -0.05) is 24.3 Å². The van der Waals surface area contributed by atoms with Gasteiger partial charge < -0.3 is 15.4 Å². The second kappa shape index (κ2) is 6.22. The fraction of sp³-hybridized carbons (Fsp3) is 0.222. The van der Waals surface area contributed by atoms with Crippen LogP contribution in [0.15, 0.2) is 42.5 Å². The number of aryl methyl sites for hydroxylation is 3. The molecule has 0 saturated heterocycles. The maximum Gasteiger partial charge on any atom is 0.335 e. The number of carboxylic acid groups (broad SMARTS) is 1. The van der Waals surface area contributed by atoms with Gasteiger partial charge in [0.25, 0.3) is 0 Å². The molecule has 5 nitrogen and oxygen atoms in total. The maximum atomic E-state index is 11.1. The molecule has 0 aliphatic rings. The lowest BCUT2D eigenvalue weighted by atomic mass is 10.1. The zero-order valence-corrected chi connectivity index (χ0v) is 13.0. The summed E-state index contributed by atoms with van der Waals surface area (Å²) in [6.07, 6.45) is 1.68. The summed E-state index contributed by atoms with van der Waals surface area (Å²) in [7, 11) is 1.96. The van der Waals surface area contributed by atoms with Gasteiger partial charge in [-0.15, -0.1) is 0 Å². The number of benzene rings is 2. The Labute approximate surface area is 134 Å². The highest BCUT2D eigenvalue weighted by atomic mass is 16.4. The standard InChI is InChI=1S/C18H19N3O2/c1-21-16-8-7-14(18(22)23)10-15(16)20-17(21)9-6-12-2-4-13(11-19)5-3-12/h2-5,7-8,10H,6,9,11,19H2,1H3,(H,22,23). The molecule has 3 N–H and O–H groups in total. The number of imidazole rings is 1. The van der Waals surface area contributed by atoms with E-state index in [4.69, 9.17) is 10.8 Å². The number of nitrogens with two attached hydrogens (primary N) is 1. The molecule has 0 fully saturated rings. The van der Waals surface area contributed by atoms with Crippen molar-refractivity contribution in [2.75, 3.05) is 0 Å². The van der Waals surface area contributed by atoms with E-state index in [1.54, 1.807) is 12.1 Å². The number of hydrogen-bond acceptors (Lipinski definition) is 3. The molecule has 0 saturated carbocycles. The van der Waals surface area contributed by atoms with Gasteiger partial charge in [0.05, 0.1) is 16.6 Å². The summed E-state index contributed by atoms with van der Waals surface area (Å²) in [5.41, 5.74) is 9.90. The molecule has 0 unspecified atom stereocenters. The van der Waals surface area contributed by atoms with Crippen molar-refractivity contribution >= 4 is 17.0 Å². The molecule has 1 heterocycles. The van der Waals surface area contributed by atoms with Crippen molar-refractivity contribution in [3.05, 3.63) is 65.0 Å². The Morgan fingerprint density at radius 2 is 1.83 bits per heavy atom. The maximum absolute atomic E-state index is 11.1. The largest absolute Gasteiger partial charge is 0.478 e. The average Bonchev–Trinajstić information content (AvgIpc) is 2.89. The first-order valence-electron chi connectivity index (χ1n) is 7.55. The summed E-state index contributed by atoms with van der Waals surface area (Å²) in [5, 5.41) is 9.07. The molecule has 2 aromatic carbocycles. The van der Waals surface area contributed by atoms with Crippen molar-refractivity contribution in [1.29, 1.82) is 0 Å². The quantitative estimate of drug-likeness (QED) is 0.759. The Morgan fingerprint density at radius 3 is 2.48 bits per heavy atom. The molecular formula is C18H19N3O2. The molecule has 3 rings (SSSR count). The normalized spacial score (nSPS) is 11.0. The van der Waals surface area contributed by atoms with Gasteiger partial charge in [0.15, 0.2) is 0 Å². The Hall–Kier alpha value is -2.66. The van der Waals surface area contributed by atoms with E-state index in [1.165, 1.54) is 5.56 Å². The van der Waals surface area contributed by atoms with Crippen LogP contribution in [0.5, 0.6) is 0 Å². The van der Waals surface area contributed by atoms with Crippen molar-refractivity contribution in [3.8, 4) is 0 Å². The van der Waals surface area contributed by atoms with Crippen molar-refractivity contribution < 1.29 is 9.90 Å². The van der Waals surface area contributed by atoms with Crippen molar-refractivity contribution in [2.24, 2.45) is 12.8 Å². The number of aromatic carboxylic acids is 1. The second-order valence-electron chi connectivity index (χ2n) is 5.62. The first-order chi connectivity index (χ1) is 11.1. The van der Waals surface area contributed by atoms with Gasteiger partial charge in [-0.3, -0.25) is 0 Å². The Balaban J connectivity index is 1.81. The third-order valence-corrected chi connectivity index (χ3v) is 4.12. The molecular weight excluding hydrogens is 290 g/mol. The molecule has 0 aliphatic heterocycles. The van der Waals surface area contributed by atoms with Crippen LogP contribution >= 0.6 is 0 Å². The van der Waals surface area contributed by atoms with Crippen LogP contribution < -0.4 is 5.73 Å².